The summed E-state index contributed by atoms with van der Waals surface area (Å²) in [6.07, 6.45) is 4.54. The van der Waals surface area contributed by atoms with Gasteiger partial charge < -0.3 is 9.32 Å². The smallest absolute Gasteiger partial charge is 0.251 e. The molecule has 0 aliphatic carbocycles. The minimum Gasteiger partial charge on any atom is -0.467 e. The zero-order valence-electron chi connectivity index (χ0n) is 17.7. The first kappa shape index (κ1) is 22.2. The molecule has 2 aromatic carbocycles. The molecule has 0 saturated heterocycles. The first-order chi connectivity index (χ1) is 16.0. The van der Waals surface area contributed by atoms with Gasteiger partial charge in [-0.15, -0.1) is 11.3 Å². The molecule has 6 nitrogen and oxygen atoms in total. The first-order valence-corrected chi connectivity index (χ1v) is 11.0. The van der Waals surface area contributed by atoms with E-state index in [1.807, 2.05) is 30.3 Å². The van der Waals surface area contributed by atoms with Gasteiger partial charge in [-0.05, 0) is 42.5 Å². The summed E-state index contributed by atoms with van der Waals surface area (Å²) in [6, 6.07) is 18.9. The Kier molecular flexibility index (Phi) is 6.75. The maximum absolute atomic E-state index is 14.3. The van der Waals surface area contributed by atoms with Gasteiger partial charge in [0.05, 0.1) is 24.2 Å². The molecule has 2 amide bonds. The van der Waals surface area contributed by atoms with E-state index in [1.165, 1.54) is 41.4 Å². The number of carbonyl (C=O) groups is 2. The highest BCUT2D eigenvalue weighted by molar-refractivity contribution is 7.14. The van der Waals surface area contributed by atoms with Crippen LogP contribution in [-0.2, 0) is 16.1 Å². The second-order valence-electron chi connectivity index (χ2n) is 7.03. The van der Waals surface area contributed by atoms with Crippen molar-refractivity contribution in [3.63, 3.8) is 0 Å². The Bertz CT molecular complexity index is 1270. The van der Waals surface area contributed by atoms with Crippen LogP contribution in [-0.4, -0.2) is 16.8 Å². The zero-order valence-corrected chi connectivity index (χ0v) is 18.5. The number of halogens is 1. The molecule has 4 rings (SSSR count). The van der Waals surface area contributed by atoms with Crippen LogP contribution in [0.1, 0.15) is 18.4 Å². The van der Waals surface area contributed by atoms with E-state index in [1.54, 1.807) is 46.9 Å². The van der Waals surface area contributed by atoms with E-state index < -0.39 is 5.82 Å². The number of hydrogen-bond donors (Lipinski definition) is 0. The molecular weight excluding hydrogens is 441 g/mol. The van der Waals surface area contributed by atoms with Gasteiger partial charge in [-0.1, -0.05) is 30.3 Å². The van der Waals surface area contributed by atoms with Gasteiger partial charge in [-0.3, -0.25) is 14.5 Å². The molecule has 0 radical (unpaired) electrons. The number of benzene rings is 2. The number of thiazole rings is 1. The van der Waals surface area contributed by atoms with E-state index in [-0.39, 0.29) is 24.0 Å². The van der Waals surface area contributed by atoms with Crippen molar-refractivity contribution in [1.82, 2.24) is 4.98 Å². The number of nitrogens with zero attached hydrogens (tertiary/aromatic N) is 3. The summed E-state index contributed by atoms with van der Waals surface area (Å²) in [5.41, 5.74) is 1.33. The molecule has 0 saturated carbocycles. The Balaban J connectivity index is 1.56. The number of furan rings is 1. The van der Waals surface area contributed by atoms with Crippen molar-refractivity contribution < 1.29 is 18.4 Å². The van der Waals surface area contributed by atoms with E-state index >= 15 is 0 Å². The molecule has 33 heavy (non-hydrogen) atoms. The largest absolute Gasteiger partial charge is 0.467 e. The molecule has 0 unspecified atom stereocenters. The van der Waals surface area contributed by atoms with E-state index in [4.69, 9.17) is 4.42 Å². The van der Waals surface area contributed by atoms with Crippen molar-refractivity contribution in [1.29, 1.82) is 0 Å². The monoisotopic (exact) mass is 461 g/mol. The third-order valence-electron chi connectivity index (χ3n) is 4.73. The maximum Gasteiger partial charge on any atom is 0.251 e. The van der Waals surface area contributed by atoms with E-state index in [2.05, 4.69) is 4.98 Å². The lowest BCUT2D eigenvalue weighted by Crippen LogP contribution is -2.28. The lowest BCUT2D eigenvalue weighted by Gasteiger charge is -2.20. The van der Waals surface area contributed by atoms with Crippen LogP contribution >= 0.6 is 11.3 Å². The number of amides is 2. The number of aromatic nitrogens is 1. The van der Waals surface area contributed by atoms with E-state index in [0.29, 0.717) is 16.6 Å². The summed E-state index contributed by atoms with van der Waals surface area (Å²) in [6.45, 7) is 1.62. The number of anilines is 3. The number of para-hydroxylation sites is 2. The van der Waals surface area contributed by atoms with Crippen molar-refractivity contribution in [3.05, 3.63) is 102 Å². The van der Waals surface area contributed by atoms with Crippen molar-refractivity contribution in [2.24, 2.45) is 0 Å². The average molecular weight is 462 g/mol. The molecule has 0 fully saturated rings. The molecule has 8 heteroatoms. The highest BCUT2D eigenvalue weighted by atomic mass is 32.1. The summed E-state index contributed by atoms with van der Waals surface area (Å²) in [4.78, 5) is 32.4. The zero-order chi connectivity index (χ0) is 23.2. The van der Waals surface area contributed by atoms with Gasteiger partial charge in [0.1, 0.15) is 11.6 Å². The van der Waals surface area contributed by atoms with Crippen LogP contribution in [0.3, 0.4) is 0 Å². The minimum atomic E-state index is -0.522. The van der Waals surface area contributed by atoms with Crippen molar-refractivity contribution in [2.45, 2.75) is 13.5 Å². The SMILES string of the molecule is CC(=O)N(c1nc(/C=C/C(=O)N(Cc2ccco2)c2ccccc2)cs1)c1ccccc1F. The van der Waals surface area contributed by atoms with Gasteiger partial charge in [0.2, 0.25) is 5.91 Å². The topological polar surface area (TPSA) is 66.7 Å². The Hall–Kier alpha value is -4.04. The van der Waals surface area contributed by atoms with Gasteiger partial charge in [0, 0.05) is 24.1 Å². The minimum absolute atomic E-state index is 0.125. The normalized spacial score (nSPS) is 11.0. The Morgan fingerprint density at radius 2 is 1.82 bits per heavy atom. The van der Waals surface area contributed by atoms with Crippen LogP contribution < -0.4 is 9.80 Å². The molecule has 0 N–H and O–H groups in total. The van der Waals surface area contributed by atoms with Crippen LogP contribution in [0.25, 0.3) is 6.08 Å². The average Bonchev–Trinajstić information content (AvgIpc) is 3.50. The molecule has 166 valence electrons. The molecule has 4 aromatic rings. The summed E-state index contributed by atoms with van der Waals surface area (Å²) in [5, 5.41) is 2.02. The number of rotatable bonds is 7. The highest BCUT2D eigenvalue weighted by Gasteiger charge is 2.21. The molecule has 0 bridgehead atoms. The van der Waals surface area contributed by atoms with Crippen LogP contribution in [0.2, 0.25) is 0 Å². The van der Waals surface area contributed by atoms with E-state index in [9.17, 15) is 14.0 Å². The number of carbonyl (C=O) groups excluding carboxylic acids is 2. The van der Waals surface area contributed by atoms with Crippen LogP contribution in [0.4, 0.5) is 20.9 Å². The maximum atomic E-state index is 14.3. The molecule has 2 aromatic heterocycles. The van der Waals surface area contributed by atoms with Crippen LogP contribution in [0, 0.1) is 5.82 Å². The van der Waals surface area contributed by atoms with Gasteiger partial charge in [0.25, 0.3) is 5.91 Å². The molecular formula is C25H20FN3O3S. The fraction of sp³-hybridized carbons (Fsp3) is 0.0800. The van der Waals surface area contributed by atoms with E-state index in [0.717, 1.165) is 5.69 Å². The van der Waals surface area contributed by atoms with Crippen LogP contribution in [0.5, 0.6) is 0 Å². The highest BCUT2D eigenvalue weighted by Crippen LogP contribution is 2.31. The van der Waals surface area contributed by atoms with Crippen LogP contribution in [0.15, 0.2) is 88.9 Å². The standard InChI is InChI=1S/C25H20FN3O3S/c1-18(30)29(23-12-6-5-11-22(23)26)25-27-19(17-33-25)13-14-24(31)28(16-21-10-7-15-32-21)20-8-3-2-4-9-20/h2-15,17H,16H2,1H3/b14-13+. The summed E-state index contributed by atoms with van der Waals surface area (Å²) in [5.74, 6) is -0.496. The third-order valence-corrected chi connectivity index (χ3v) is 5.58. The summed E-state index contributed by atoms with van der Waals surface area (Å²) in [7, 11) is 0. The lowest BCUT2D eigenvalue weighted by molar-refractivity contribution is -0.116. The quantitative estimate of drug-likeness (QED) is 0.326. The van der Waals surface area contributed by atoms with Gasteiger partial charge in [-0.25, -0.2) is 9.37 Å². The van der Waals surface area contributed by atoms with Crippen molar-refractivity contribution in [3.8, 4) is 0 Å². The predicted octanol–water partition coefficient (Wildman–Crippen LogP) is 5.81. The molecule has 0 atom stereocenters. The summed E-state index contributed by atoms with van der Waals surface area (Å²) >= 11 is 1.19. The molecule has 0 aliphatic rings. The summed E-state index contributed by atoms with van der Waals surface area (Å²) < 4.78 is 19.7. The van der Waals surface area contributed by atoms with Gasteiger partial charge >= 0.3 is 0 Å². The van der Waals surface area contributed by atoms with Crippen molar-refractivity contribution >= 4 is 45.7 Å². The number of hydrogen-bond acceptors (Lipinski definition) is 5. The predicted molar refractivity (Wildman–Crippen MR) is 127 cm³/mol. The Morgan fingerprint density at radius 1 is 1.06 bits per heavy atom. The van der Waals surface area contributed by atoms with Gasteiger partial charge in [0.15, 0.2) is 5.13 Å². The Labute approximate surface area is 194 Å². The molecule has 0 spiro atoms. The molecule has 2 heterocycles. The van der Waals surface area contributed by atoms with Gasteiger partial charge in [-0.2, -0.15) is 0 Å². The fourth-order valence-corrected chi connectivity index (χ4v) is 4.05. The Morgan fingerprint density at radius 3 is 2.52 bits per heavy atom. The lowest BCUT2D eigenvalue weighted by atomic mass is 10.2. The fourth-order valence-electron chi connectivity index (χ4n) is 3.21. The molecule has 0 aliphatic heterocycles. The first-order valence-electron chi connectivity index (χ1n) is 10.1. The third kappa shape index (κ3) is 5.24. The second-order valence-corrected chi connectivity index (χ2v) is 7.87. The second kappa shape index (κ2) is 10.1. The van der Waals surface area contributed by atoms with Crippen molar-refractivity contribution in [2.75, 3.05) is 9.80 Å².